The van der Waals surface area contributed by atoms with Crippen molar-refractivity contribution in [1.82, 2.24) is 9.38 Å². The van der Waals surface area contributed by atoms with Crippen molar-refractivity contribution in [3.63, 3.8) is 0 Å². The number of halogens is 3. The van der Waals surface area contributed by atoms with Gasteiger partial charge in [0.15, 0.2) is 11.4 Å². The molecule has 2 aromatic heterocycles. The highest BCUT2D eigenvalue weighted by Crippen LogP contribution is 2.38. The van der Waals surface area contributed by atoms with Gasteiger partial charge in [-0.15, -0.1) is 0 Å². The number of rotatable bonds is 8. The lowest BCUT2D eigenvalue weighted by atomic mass is 9.98. The van der Waals surface area contributed by atoms with Crippen molar-refractivity contribution in [3.8, 4) is 17.2 Å². The van der Waals surface area contributed by atoms with Gasteiger partial charge in [-0.3, -0.25) is 4.79 Å². The molecule has 0 amide bonds. The molecular weight excluding hydrogens is 521 g/mol. The summed E-state index contributed by atoms with van der Waals surface area (Å²) in [6.45, 7) is 1.14. The van der Waals surface area contributed by atoms with E-state index in [0.717, 1.165) is 22.5 Å². The standard InChI is InChI=1S/C25H22N2O5.C2HF3O2/c28-24(29)11-18-15-32-23-12-20(8-9-21(18)23)30-16-19-13-27-10-4-7-22(25(27)26-19)31-14-17-5-2-1-3-6-17;3-2(4,5)1(6)7/h1-10,12-13,18H,11,14-16H2,(H,28,29);(H,6,7). The smallest absolute Gasteiger partial charge is 0.490 e. The molecule has 1 atom stereocenters. The average Bonchev–Trinajstić information content (AvgIpc) is 3.50. The normalized spacial score (nSPS) is 14.1. The summed E-state index contributed by atoms with van der Waals surface area (Å²) in [7, 11) is 0. The molecule has 0 spiro atoms. The van der Waals surface area contributed by atoms with E-state index in [1.807, 2.05) is 71.4 Å². The van der Waals surface area contributed by atoms with Crippen molar-refractivity contribution < 1.29 is 47.2 Å². The number of hydrogen-bond donors (Lipinski definition) is 2. The Hall–Kier alpha value is -4.74. The SMILES string of the molecule is O=C(O)C(F)(F)F.O=C(O)CC1COc2cc(OCc3cn4cccc(OCc5ccccc5)c4n3)ccc21. The summed E-state index contributed by atoms with van der Waals surface area (Å²) in [5.74, 6) is -1.67. The first-order valence-corrected chi connectivity index (χ1v) is 11.6. The zero-order valence-corrected chi connectivity index (χ0v) is 20.3. The molecule has 0 radical (unpaired) electrons. The summed E-state index contributed by atoms with van der Waals surface area (Å²) in [5, 5.41) is 16.2. The van der Waals surface area contributed by atoms with Gasteiger partial charge in [0.05, 0.1) is 18.7 Å². The summed E-state index contributed by atoms with van der Waals surface area (Å²) in [4.78, 5) is 24.6. The highest BCUT2D eigenvalue weighted by Gasteiger charge is 2.38. The first-order chi connectivity index (χ1) is 18.6. The van der Waals surface area contributed by atoms with Gasteiger partial charge in [0.25, 0.3) is 0 Å². The van der Waals surface area contributed by atoms with Crippen molar-refractivity contribution in [2.75, 3.05) is 6.61 Å². The van der Waals surface area contributed by atoms with Gasteiger partial charge >= 0.3 is 18.1 Å². The molecule has 1 unspecified atom stereocenters. The van der Waals surface area contributed by atoms with E-state index in [1.165, 1.54) is 0 Å². The Balaban J connectivity index is 0.000000448. The van der Waals surface area contributed by atoms with Crippen LogP contribution < -0.4 is 14.2 Å². The fourth-order valence-corrected chi connectivity index (χ4v) is 3.84. The second kappa shape index (κ2) is 11.8. The summed E-state index contributed by atoms with van der Waals surface area (Å²) < 4.78 is 51.2. The van der Waals surface area contributed by atoms with Gasteiger partial charge in [-0.05, 0) is 23.8 Å². The molecule has 0 fully saturated rings. The first kappa shape index (κ1) is 27.3. The van der Waals surface area contributed by atoms with E-state index in [9.17, 15) is 18.0 Å². The number of imidazole rings is 1. The molecule has 2 aromatic carbocycles. The molecule has 0 bridgehead atoms. The molecule has 2 N–H and O–H groups in total. The molecule has 4 aromatic rings. The molecule has 9 nitrogen and oxygen atoms in total. The summed E-state index contributed by atoms with van der Waals surface area (Å²) >= 11 is 0. The Morgan fingerprint density at radius 1 is 1.03 bits per heavy atom. The van der Waals surface area contributed by atoms with Crippen molar-refractivity contribution in [2.24, 2.45) is 0 Å². The number of nitrogens with zero attached hydrogens (tertiary/aromatic N) is 2. The lowest BCUT2D eigenvalue weighted by Gasteiger charge is -2.08. The Labute approximate surface area is 220 Å². The maximum atomic E-state index is 11.0. The van der Waals surface area contributed by atoms with Gasteiger partial charge in [0.2, 0.25) is 0 Å². The number of alkyl halides is 3. The van der Waals surface area contributed by atoms with Crippen LogP contribution in [0.2, 0.25) is 0 Å². The third-order valence-corrected chi connectivity index (χ3v) is 5.65. The number of benzene rings is 2. The minimum Gasteiger partial charge on any atom is -0.492 e. The minimum atomic E-state index is -5.08. The van der Waals surface area contributed by atoms with Gasteiger partial charge in [-0.2, -0.15) is 13.2 Å². The first-order valence-electron chi connectivity index (χ1n) is 11.6. The van der Waals surface area contributed by atoms with Crippen LogP contribution in [0.25, 0.3) is 5.65 Å². The number of carboxylic acid groups (broad SMARTS) is 2. The Bertz CT molecular complexity index is 1460. The number of ether oxygens (including phenoxy) is 3. The molecule has 204 valence electrons. The van der Waals surface area contributed by atoms with Crippen LogP contribution in [-0.2, 0) is 22.8 Å². The monoisotopic (exact) mass is 544 g/mol. The molecule has 1 aliphatic heterocycles. The maximum absolute atomic E-state index is 11.0. The third-order valence-electron chi connectivity index (χ3n) is 5.65. The number of hydrogen-bond acceptors (Lipinski definition) is 6. The topological polar surface area (TPSA) is 120 Å². The average molecular weight is 544 g/mol. The second-order valence-corrected chi connectivity index (χ2v) is 8.51. The predicted octanol–water partition coefficient (Wildman–Crippen LogP) is 5.08. The lowest BCUT2D eigenvalue weighted by molar-refractivity contribution is -0.192. The lowest BCUT2D eigenvalue weighted by Crippen LogP contribution is -2.21. The van der Waals surface area contributed by atoms with Crippen LogP contribution in [0, 0.1) is 0 Å². The van der Waals surface area contributed by atoms with Crippen LogP contribution in [-0.4, -0.2) is 44.3 Å². The molecule has 0 saturated heterocycles. The van der Waals surface area contributed by atoms with E-state index in [-0.39, 0.29) is 18.9 Å². The largest absolute Gasteiger partial charge is 0.492 e. The third kappa shape index (κ3) is 7.18. The molecule has 1 aliphatic rings. The van der Waals surface area contributed by atoms with E-state index in [0.29, 0.717) is 30.5 Å². The van der Waals surface area contributed by atoms with Crippen molar-refractivity contribution in [1.29, 1.82) is 0 Å². The predicted molar refractivity (Wildman–Crippen MR) is 131 cm³/mol. The highest BCUT2D eigenvalue weighted by atomic mass is 19.4. The van der Waals surface area contributed by atoms with Crippen LogP contribution in [0.3, 0.4) is 0 Å². The molecule has 0 aliphatic carbocycles. The van der Waals surface area contributed by atoms with Gasteiger partial charge in [-0.1, -0.05) is 36.4 Å². The highest BCUT2D eigenvalue weighted by molar-refractivity contribution is 5.73. The summed E-state index contributed by atoms with van der Waals surface area (Å²) in [6.07, 6.45) is -1.19. The molecule has 0 saturated carbocycles. The number of carboxylic acids is 2. The van der Waals surface area contributed by atoms with Crippen LogP contribution in [0.4, 0.5) is 13.2 Å². The Morgan fingerprint density at radius 3 is 2.46 bits per heavy atom. The van der Waals surface area contributed by atoms with Gasteiger partial charge in [-0.25, -0.2) is 9.78 Å². The fourth-order valence-electron chi connectivity index (χ4n) is 3.84. The summed E-state index contributed by atoms with van der Waals surface area (Å²) in [5.41, 5.74) is 3.50. The summed E-state index contributed by atoms with van der Waals surface area (Å²) in [6, 6.07) is 19.3. The fraction of sp³-hybridized carbons (Fsp3) is 0.222. The molecule has 12 heteroatoms. The number of aliphatic carboxylic acids is 2. The number of aromatic nitrogens is 2. The maximum Gasteiger partial charge on any atom is 0.490 e. The second-order valence-electron chi connectivity index (χ2n) is 8.51. The van der Waals surface area contributed by atoms with E-state index < -0.39 is 18.1 Å². The van der Waals surface area contributed by atoms with Gasteiger partial charge in [0.1, 0.15) is 24.7 Å². The quantitative estimate of drug-likeness (QED) is 0.315. The molecule has 5 rings (SSSR count). The number of carbonyl (C=O) groups is 2. The van der Waals surface area contributed by atoms with Crippen molar-refractivity contribution in [2.45, 2.75) is 31.7 Å². The minimum absolute atomic E-state index is 0.0587. The van der Waals surface area contributed by atoms with E-state index in [1.54, 1.807) is 6.07 Å². The number of pyridine rings is 1. The zero-order chi connectivity index (χ0) is 28.0. The van der Waals surface area contributed by atoms with E-state index >= 15 is 0 Å². The Kier molecular flexibility index (Phi) is 8.23. The van der Waals surface area contributed by atoms with Crippen LogP contribution >= 0.6 is 0 Å². The van der Waals surface area contributed by atoms with E-state index in [2.05, 4.69) is 4.98 Å². The van der Waals surface area contributed by atoms with Gasteiger partial charge < -0.3 is 28.8 Å². The molecular formula is C27H23F3N2O7. The van der Waals surface area contributed by atoms with Crippen LogP contribution in [0.15, 0.2) is 73.1 Å². The van der Waals surface area contributed by atoms with Crippen molar-refractivity contribution >= 4 is 17.6 Å². The van der Waals surface area contributed by atoms with Crippen LogP contribution in [0.1, 0.15) is 29.2 Å². The van der Waals surface area contributed by atoms with E-state index in [4.69, 9.17) is 29.2 Å². The van der Waals surface area contributed by atoms with Crippen molar-refractivity contribution in [3.05, 3.63) is 89.9 Å². The van der Waals surface area contributed by atoms with Crippen LogP contribution in [0.5, 0.6) is 17.2 Å². The zero-order valence-electron chi connectivity index (χ0n) is 20.3. The number of fused-ring (bicyclic) bond motifs is 2. The molecule has 39 heavy (non-hydrogen) atoms. The van der Waals surface area contributed by atoms with Gasteiger partial charge in [0, 0.05) is 29.9 Å². The molecule has 3 heterocycles. The Morgan fingerprint density at radius 2 is 1.77 bits per heavy atom.